The topological polar surface area (TPSA) is 65.1 Å². The van der Waals surface area contributed by atoms with E-state index in [1.54, 1.807) is 19.3 Å². The van der Waals surface area contributed by atoms with Crippen molar-refractivity contribution in [2.24, 2.45) is 5.92 Å². The summed E-state index contributed by atoms with van der Waals surface area (Å²) in [5, 5.41) is 0. The lowest BCUT2D eigenvalue weighted by molar-refractivity contribution is -0.152. The third-order valence-electron chi connectivity index (χ3n) is 5.91. The summed E-state index contributed by atoms with van der Waals surface area (Å²) in [7, 11) is 0. The van der Waals surface area contributed by atoms with Gasteiger partial charge in [-0.25, -0.2) is 9.59 Å². The zero-order valence-corrected chi connectivity index (χ0v) is 17.1. The Balaban J connectivity index is 1.56. The number of rotatable bonds is 2. The highest BCUT2D eigenvalue weighted by Gasteiger charge is 2.49. The van der Waals surface area contributed by atoms with E-state index < -0.39 is 11.9 Å². The molecule has 0 aromatic rings. The minimum atomic E-state index is -0.682. The molecular formula is C22H29NO5. The lowest BCUT2D eigenvalue weighted by atomic mass is 9.92. The van der Waals surface area contributed by atoms with Gasteiger partial charge in [0, 0.05) is 24.1 Å². The van der Waals surface area contributed by atoms with Crippen LogP contribution in [0.2, 0.25) is 0 Å². The second-order valence-electron chi connectivity index (χ2n) is 9.15. The van der Waals surface area contributed by atoms with Crippen LogP contribution in [0, 0.1) is 5.92 Å². The molecule has 28 heavy (non-hydrogen) atoms. The summed E-state index contributed by atoms with van der Waals surface area (Å²) in [5.74, 6) is -0.112. The first-order valence-corrected chi connectivity index (χ1v) is 10.2. The maximum absolute atomic E-state index is 12.9. The van der Waals surface area contributed by atoms with E-state index in [0.29, 0.717) is 12.1 Å². The molecule has 0 saturated carbocycles. The molecule has 4 aliphatic rings. The number of carbonyl (C=O) groups excluding carboxylic acids is 2. The maximum Gasteiger partial charge on any atom is 0.411 e. The SMILES string of the molecule is CC1=CC(OC=C2CN(C(=O)OC(C)(C)C)C3C4=C(CCCC4)CC23)OC1=O. The van der Waals surface area contributed by atoms with E-state index in [2.05, 4.69) is 0 Å². The van der Waals surface area contributed by atoms with Gasteiger partial charge in [0.15, 0.2) is 0 Å². The highest BCUT2D eigenvalue weighted by molar-refractivity contribution is 5.89. The van der Waals surface area contributed by atoms with Gasteiger partial charge in [0.1, 0.15) is 5.60 Å². The van der Waals surface area contributed by atoms with Gasteiger partial charge in [-0.05, 0) is 70.9 Å². The molecule has 0 N–H and O–H groups in total. The molecule has 152 valence electrons. The van der Waals surface area contributed by atoms with Crippen LogP contribution >= 0.6 is 0 Å². The molecule has 2 aliphatic carbocycles. The summed E-state index contributed by atoms with van der Waals surface area (Å²) in [5.41, 5.74) is 4.02. The Morgan fingerprint density at radius 1 is 1.29 bits per heavy atom. The summed E-state index contributed by atoms with van der Waals surface area (Å²) >= 11 is 0. The van der Waals surface area contributed by atoms with Crippen molar-refractivity contribution in [1.29, 1.82) is 0 Å². The molecule has 6 heteroatoms. The molecule has 1 saturated heterocycles. The van der Waals surface area contributed by atoms with Gasteiger partial charge in [-0.2, -0.15) is 0 Å². The lowest BCUT2D eigenvalue weighted by Crippen LogP contribution is -2.41. The van der Waals surface area contributed by atoms with Crippen LogP contribution in [0.15, 0.2) is 34.6 Å². The van der Waals surface area contributed by atoms with Crippen LogP contribution in [0.3, 0.4) is 0 Å². The molecule has 2 heterocycles. The van der Waals surface area contributed by atoms with E-state index in [-0.39, 0.29) is 24.0 Å². The molecule has 0 aromatic heterocycles. The fourth-order valence-corrected chi connectivity index (χ4v) is 4.70. The van der Waals surface area contributed by atoms with Crippen molar-refractivity contribution in [3.63, 3.8) is 0 Å². The first kappa shape index (κ1) is 19.1. The van der Waals surface area contributed by atoms with Crippen molar-refractivity contribution in [1.82, 2.24) is 4.90 Å². The van der Waals surface area contributed by atoms with Crippen LogP contribution in [0.25, 0.3) is 0 Å². The number of amides is 1. The van der Waals surface area contributed by atoms with Crippen LogP contribution in [0.4, 0.5) is 4.79 Å². The zero-order valence-electron chi connectivity index (χ0n) is 17.1. The van der Waals surface area contributed by atoms with Gasteiger partial charge in [0.05, 0.1) is 12.3 Å². The number of fused-ring (bicyclic) bond motifs is 2. The predicted octanol–water partition coefficient (Wildman–Crippen LogP) is 4.23. The Hall–Kier alpha value is -2.24. The number of hydrogen-bond acceptors (Lipinski definition) is 5. The number of esters is 1. The van der Waals surface area contributed by atoms with Gasteiger partial charge >= 0.3 is 12.1 Å². The van der Waals surface area contributed by atoms with E-state index in [1.807, 2.05) is 25.7 Å². The average Bonchev–Trinajstić information content (AvgIpc) is 3.24. The van der Waals surface area contributed by atoms with Crippen LogP contribution in [-0.2, 0) is 19.0 Å². The second kappa shape index (κ2) is 6.98. The van der Waals surface area contributed by atoms with E-state index in [4.69, 9.17) is 14.2 Å². The fraction of sp³-hybridized carbons (Fsp3) is 0.636. The number of nitrogens with zero attached hydrogens (tertiary/aromatic N) is 1. The summed E-state index contributed by atoms with van der Waals surface area (Å²) in [4.78, 5) is 26.3. The molecule has 0 bridgehead atoms. The fourth-order valence-electron chi connectivity index (χ4n) is 4.70. The number of cyclic esters (lactones) is 1. The minimum Gasteiger partial charge on any atom is -0.459 e. The van der Waals surface area contributed by atoms with E-state index >= 15 is 0 Å². The van der Waals surface area contributed by atoms with Gasteiger partial charge in [-0.15, -0.1) is 0 Å². The van der Waals surface area contributed by atoms with Crippen molar-refractivity contribution >= 4 is 12.1 Å². The van der Waals surface area contributed by atoms with Crippen molar-refractivity contribution in [3.8, 4) is 0 Å². The largest absolute Gasteiger partial charge is 0.459 e. The molecule has 3 atom stereocenters. The Morgan fingerprint density at radius 2 is 2.04 bits per heavy atom. The third-order valence-corrected chi connectivity index (χ3v) is 5.91. The third kappa shape index (κ3) is 3.56. The quantitative estimate of drug-likeness (QED) is 0.403. The number of ether oxygens (including phenoxy) is 3. The number of likely N-dealkylation sites (tertiary alicyclic amines) is 1. The number of hydrogen-bond donors (Lipinski definition) is 0. The number of carbonyl (C=O) groups is 2. The molecule has 0 radical (unpaired) electrons. The standard InChI is InChI=1S/C22H29NO5/c1-13-9-18(27-20(13)24)26-12-15-11-23(21(25)28-22(2,3)4)19-16-8-6-5-7-14(16)10-17(15)19/h9,12,17-19H,5-8,10-11H2,1-4H3. The molecular weight excluding hydrogens is 358 g/mol. The number of allylic oxidation sites excluding steroid dienone is 1. The molecule has 0 aromatic carbocycles. The molecule has 1 amide bonds. The minimum absolute atomic E-state index is 0.0726. The molecule has 2 aliphatic heterocycles. The predicted molar refractivity (Wildman–Crippen MR) is 103 cm³/mol. The van der Waals surface area contributed by atoms with E-state index in [9.17, 15) is 9.59 Å². The van der Waals surface area contributed by atoms with Gasteiger partial charge in [-0.1, -0.05) is 5.57 Å². The summed E-state index contributed by atoms with van der Waals surface area (Å²) < 4.78 is 16.6. The first-order valence-electron chi connectivity index (χ1n) is 10.2. The Bertz CT molecular complexity index is 785. The molecule has 0 spiro atoms. The van der Waals surface area contributed by atoms with Crippen LogP contribution < -0.4 is 0 Å². The van der Waals surface area contributed by atoms with Crippen molar-refractivity contribution in [2.45, 2.75) is 77.7 Å². The molecule has 4 rings (SSSR count). The van der Waals surface area contributed by atoms with E-state index in [0.717, 1.165) is 24.8 Å². The van der Waals surface area contributed by atoms with Crippen LogP contribution in [-0.4, -0.2) is 41.4 Å². The normalized spacial score (nSPS) is 30.9. The van der Waals surface area contributed by atoms with Gasteiger partial charge in [0.25, 0.3) is 6.29 Å². The van der Waals surface area contributed by atoms with Crippen molar-refractivity contribution < 1.29 is 23.8 Å². The Kier molecular flexibility index (Phi) is 4.76. The Labute approximate surface area is 166 Å². The van der Waals surface area contributed by atoms with Crippen molar-refractivity contribution in [3.05, 3.63) is 34.6 Å². The van der Waals surface area contributed by atoms with Gasteiger partial charge in [-0.3, -0.25) is 4.90 Å². The average molecular weight is 387 g/mol. The molecule has 3 unspecified atom stereocenters. The molecule has 6 nitrogen and oxygen atoms in total. The summed E-state index contributed by atoms with van der Waals surface area (Å²) in [6.45, 7) is 7.87. The maximum atomic E-state index is 12.9. The van der Waals surface area contributed by atoms with E-state index in [1.165, 1.54) is 24.0 Å². The van der Waals surface area contributed by atoms with Crippen LogP contribution in [0.5, 0.6) is 0 Å². The summed E-state index contributed by atoms with van der Waals surface area (Å²) in [6.07, 6.45) is 8.00. The zero-order chi connectivity index (χ0) is 20.1. The second-order valence-corrected chi connectivity index (χ2v) is 9.15. The Morgan fingerprint density at radius 3 is 2.71 bits per heavy atom. The van der Waals surface area contributed by atoms with Crippen LogP contribution in [0.1, 0.15) is 59.8 Å². The van der Waals surface area contributed by atoms with Gasteiger partial charge < -0.3 is 14.2 Å². The summed E-state index contributed by atoms with van der Waals surface area (Å²) in [6, 6.07) is 0.0726. The highest BCUT2D eigenvalue weighted by Crippen LogP contribution is 2.49. The first-order chi connectivity index (χ1) is 13.2. The van der Waals surface area contributed by atoms with Gasteiger partial charge in [0.2, 0.25) is 0 Å². The van der Waals surface area contributed by atoms with Crippen molar-refractivity contribution in [2.75, 3.05) is 6.54 Å². The lowest BCUT2D eigenvalue weighted by Gasteiger charge is -2.30. The molecule has 1 fully saturated rings. The smallest absolute Gasteiger partial charge is 0.411 e. The highest BCUT2D eigenvalue weighted by atomic mass is 16.7. The monoisotopic (exact) mass is 387 g/mol.